The van der Waals surface area contributed by atoms with Crippen molar-refractivity contribution in [3.8, 4) is 12.8 Å². The minimum atomic E-state index is -3.70. The molecular formula is C28H57IN6O6S. The van der Waals surface area contributed by atoms with Crippen molar-refractivity contribution in [2.75, 3.05) is 45.4 Å². The van der Waals surface area contributed by atoms with E-state index in [4.69, 9.17) is 19.3 Å². The first-order valence-corrected chi connectivity index (χ1v) is 15.4. The molecule has 248 valence electrons. The zero-order valence-corrected chi connectivity index (χ0v) is 30.3. The fourth-order valence-corrected chi connectivity index (χ4v) is 3.84. The van der Waals surface area contributed by atoms with Gasteiger partial charge in [-0.15, -0.1) is 47.0 Å². The first-order chi connectivity index (χ1) is 19.6. The van der Waals surface area contributed by atoms with Gasteiger partial charge in [-0.25, -0.2) is 8.42 Å². The molecule has 0 spiro atoms. The lowest BCUT2D eigenvalue weighted by Crippen LogP contribution is -2.30. The summed E-state index contributed by atoms with van der Waals surface area (Å²) < 4.78 is 44.6. The van der Waals surface area contributed by atoms with Crippen molar-refractivity contribution < 1.29 is 29.2 Å². The maximum Gasteiger partial charge on any atom is 0.238 e. The second kappa shape index (κ2) is 30.6. The molecule has 1 fully saturated rings. The van der Waals surface area contributed by atoms with E-state index in [1.165, 1.54) is 19.2 Å². The van der Waals surface area contributed by atoms with Crippen LogP contribution in [0.4, 0.5) is 5.95 Å². The predicted octanol–water partition coefficient (Wildman–Crippen LogP) is 4.93. The molecule has 0 saturated carbocycles. The Labute approximate surface area is 273 Å². The number of anilines is 1. The smallest absolute Gasteiger partial charge is 0.238 e. The number of aromatic nitrogens is 5. The van der Waals surface area contributed by atoms with Crippen LogP contribution in [0, 0.1) is 19.8 Å². The quantitative estimate of drug-likeness (QED) is 0.254. The molecule has 0 radical (unpaired) electrons. The summed E-state index contributed by atoms with van der Waals surface area (Å²) in [6, 6.07) is -0.254. The monoisotopic (exact) mass is 732 g/mol. The van der Waals surface area contributed by atoms with Crippen molar-refractivity contribution in [3.63, 3.8) is 0 Å². The van der Waals surface area contributed by atoms with Gasteiger partial charge in [0.1, 0.15) is 6.33 Å². The highest BCUT2D eigenvalue weighted by molar-refractivity contribution is 14.0. The molecule has 0 bridgehead atoms. The molecule has 2 N–H and O–H groups in total. The van der Waals surface area contributed by atoms with Gasteiger partial charge in [0.15, 0.2) is 0 Å². The highest BCUT2D eigenvalue weighted by Crippen LogP contribution is 2.17. The molecule has 0 unspecified atom stereocenters. The number of aliphatic hydroxyl groups excluding tert-OH is 1. The van der Waals surface area contributed by atoms with E-state index in [1.807, 2.05) is 34.6 Å². The Hall–Kier alpha value is -1.90. The first-order valence-electron chi connectivity index (χ1n) is 13.9. The van der Waals surface area contributed by atoms with Gasteiger partial charge in [0.2, 0.25) is 16.0 Å². The highest BCUT2D eigenvalue weighted by atomic mass is 127. The molecule has 0 aliphatic carbocycles. The summed E-state index contributed by atoms with van der Waals surface area (Å²) in [6.07, 6.45) is 15.3. The number of halogens is 1. The topological polar surface area (TPSA) is 151 Å². The van der Waals surface area contributed by atoms with Crippen molar-refractivity contribution >= 4 is 39.9 Å². The lowest BCUT2D eigenvalue weighted by Gasteiger charge is -2.20. The molecule has 42 heavy (non-hydrogen) atoms. The van der Waals surface area contributed by atoms with Gasteiger partial charge in [0.25, 0.3) is 0 Å². The molecule has 3 heterocycles. The molecule has 2 aromatic rings. The molecule has 3 rings (SSSR count). The summed E-state index contributed by atoms with van der Waals surface area (Å²) in [5, 5.41) is 15.0. The standard InChI is InChI=1S/C15H24N6O4S.C4H8O.C3H8O.2C2H6.C2H2.HI.H2/c1-11-6-17-13(7-16-11)5-12(2)26(22,23)20-15-19-18-10-21(15)14(8-24-3)9-25-4;1-2-4-5-3-1;1-3(2)4;3*1-2;;/h6-7,10,12,14H,5,8-9H2,1-4H3,(H,19,20);1-4H2;3-4H,1-2H3;2*1-2H3;1-2H;2*1H/t12-;;;;;;;/m0......./s1. The number of terminal acetylenes is 1. The average Bonchev–Trinajstić information content (AvgIpc) is 3.69. The average molecular weight is 733 g/mol. The molecule has 1 aliphatic heterocycles. The Morgan fingerprint density at radius 1 is 1.05 bits per heavy atom. The van der Waals surface area contributed by atoms with E-state index in [1.54, 1.807) is 52.0 Å². The van der Waals surface area contributed by atoms with Crippen LogP contribution in [0.3, 0.4) is 0 Å². The summed E-state index contributed by atoms with van der Waals surface area (Å²) in [6.45, 7) is 17.5. The third-order valence-electron chi connectivity index (χ3n) is 4.61. The summed E-state index contributed by atoms with van der Waals surface area (Å²) in [5.41, 5.74) is 1.38. The summed E-state index contributed by atoms with van der Waals surface area (Å²) in [5.74, 6) is 0.117. The number of ether oxygens (including phenoxy) is 3. The molecular weight excluding hydrogens is 675 g/mol. The van der Waals surface area contributed by atoms with Gasteiger partial charge >= 0.3 is 0 Å². The normalized spacial score (nSPS) is 12.2. The fraction of sp³-hybridized carbons (Fsp3) is 0.714. The Morgan fingerprint density at radius 2 is 1.55 bits per heavy atom. The minimum Gasteiger partial charge on any atom is -0.394 e. The second-order valence-corrected chi connectivity index (χ2v) is 10.4. The van der Waals surface area contributed by atoms with Crippen LogP contribution < -0.4 is 4.72 Å². The fourth-order valence-electron chi connectivity index (χ4n) is 2.84. The number of nitrogens with one attached hydrogen (secondary N) is 1. The van der Waals surface area contributed by atoms with Crippen LogP contribution in [-0.2, 0) is 30.7 Å². The Morgan fingerprint density at radius 3 is 1.93 bits per heavy atom. The minimum absolute atomic E-state index is 0. The number of hydrogen-bond acceptors (Lipinski definition) is 10. The van der Waals surface area contributed by atoms with Crippen molar-refractivity contribution in [2.24, 2.45) is 0 Å². The largest absolute Gasteiger partial charge is 0.394 e. The molecule has 14 heteroatoms. The highest BCUT2D eigenvalue weighted by Gasteiger charge is 2.25. The van der Waals surface area contributed by atoms with Gasteiger partial charge in [0, 0.05) is 53.8 Å². The zero-order chi connectivity index (χ0) is 32.3. The maximum atomic E-state index is 12.7. The van der Waals surface area contributed by atoms with Crippen molar-refractivity contribution in [3.05, 3.63) is 30.1 Å². The number of hydrogen-bond donors (Lipinski definition) is 2. The van der Waals surface area contributed by atoms with Crippen LogP contribution in [0.15, 0.2) is 18.7 Å². The van der Waals surface area contributed by atoms with E-state index in [-0.39, 0.29) is 49.9 Å². The lowest BCUT2D eigenvalue weighted by atomic mass is 10.2. The van der Waals surface area contributed by atoms with Gasteiger partial charge in [-0.1, -0.05) is 27.7 Å². The molecule has 1 saturated heterocycles. The predicted molar refractivity (Wildman–Crippen MR) is 183 cm³/mol. The number of rotatable bonds is 10. The van der Waals surface area contributed by atoms with Gasteiger partial charge in [-0.2, -0.15) is 0 Å². The lowest BCUT2D eigenvalue weighted by molar-refractivity contribution is 0.0902. The number of aryl methyl sites for hydroxylation is 1. The number of methoxy groups -OCH3 is 2. The van der Waals surface area contributed by atoms with Gasteiger partial charge in [-0.05, 0) is 40.5 Å². The second-order valence-electron chi connectivity index (χ2n) is 8.35. The maximum absolute atomic E-state index is 12.7. The number of nitrogens with zero attached hydrogens (tertiary/aromatic N) is 5. The summed E-state index contributed by atoms with van der Waals surface area (Å²) >= 11 is 0. The van der Waals surface area contributed by atoms with E-state index in [0.29, 0.717) is 18.9 Å². The van der Waals surface area contributed by atoms with Crippen LogP contribution in [0.5, 0.6) is 0 Å². The molecule has 0 amide bonds. The molecule has 1 atom stereocenters. The van der Waals surface area contributed by atoms with E-state index in [0.717, 1.165) is 18.9 Å². The van der Waals surface area contributed by atoms with E-state index < -0.39 is 15.3 Å². The Bertz CT molecular complexity index is 961. The van der Waals surface area contributed by atoms with E-state index >= 15 is 0 Å². The zero-order valence-electron chi connectivity index (χ0n) is 27.1. The van der Waals surface area contributed by atoms with E-state index in [2.05, 4.69) is 37.7 Å². The molecule has 0 aromatic carbocycles. The summed E-state index contributed by atoms with van der Waals surface area (Å²) in [4.78, 5) is 8.34. The molecule has 1 aliphatic rings. The number of aliphatic hydroxyl groups is 1. The SMILES string of the molecule is C#C.C1CCOC1.CC.CC.CC(C)O.COCC(COC)n1cnnc1NS(=O)(=O)[C@@H](C)Cc1cnc(C)cn1.I.[HH]. The summed E-state index contributed by atoms with van der Waals surface area (Å²) in [7, 11) is -0.586. The molecule has 2 aromatic heterocycles. The Kier molecular flexibility index (Phi) is 34.2. The van der Waals surface area contributed by atoms with Gasteiger partial charge in [0.05, 0.1) is 35.9 Å². The molecule has 12 nitrogen and oxygen atoms in total. The van der Waals surface area contributed by atoms with Crippen LogP contribution in [0.25, 0.3) is 0 Å². The van der Waals surface area contributed by atoms with Crippen LogP contribution >= 0.6 is 24.0 Å². The van der Waals surface area contributed by atoms with E-state index in [9.17, 15) is 8.42 Å². The van der Waals surface area contributed by atoms with Crippen LogP contribution in [-0.4, -0.2) is 90.3 Å². The van der Waals surface area contributed by atoms with Gasteiger partial charge in [-0.3, -0.25) is 19.3 Å². The van der Waals surface area contributed by atoms with Crippen LogP contribution in [0.1, 0.15) is 80.2 Å². The van der Waals surface area contributed by atoms with Crippen molar-refractivity contribution in [1.82, 2.24) is 24.7 Å². The van der Waals surface area contributed by atoms with Crippen molar-refractivity contribution in [2.45, 2.75) is 92.0 Å². The number of sulfonamides is 1. The Balaban J connectivity index is -0.000000237. The first kappa shape index (κ1) is 47.0. The van der Waals surface area contributed by atoms with Crippen LogP contribution in [0.2, 0.25) is 0 Å². The van der Waals surface area contributed by atoms with Crippen molar-refractivity contribution in [1.29, 1.82) is 0 Å². The van der Waals surface area contributed by atoms with Gasteiger partial charge < -0.3 is 19.3 Å². The third kappa shape index (κ3) is 22.7. The third-order valence-corrected chi connectivity index (χ3v) is 6.30.